The van der Waals surface area contributed by atoms with Crippen LogP contribution in [0, 0.1) is 5.82 Å². The largest absolute Gasteiger partial charge is 0.390 e. The van der Waals surface area contributed by atoms with E-state index in [0.29, 0.717) is 17.8 Å². The highest BCUT2D eigenvalue weighted by Gasteiger charge is 2.30. The fourth-order valence-electron chi connectivity index (χ4n) is 6.59. The topological polar surface area (TPSA) is 72.8 Å². The molecule has 45 heavy (non-hydrogen) atoms. The summed E-state index contributed by atoms with van der Waals surface area (Å²) in [5.74, 6) is -0.186. The molecule has 0 amide bonds. The molecule has 8 nitrogen and oxygen atoms in total. The summed E-state index contributed by atoms with van der Waals surface area (Å²) >= 11 is 0. The molecule has 3 aliphatic rings. The Kier molecular flexibility index (Phi) is 10.6. The first-order chi connectivity index (χ1) is 21.8. The molecular formula is C36H49FN8. The fourth-order valence-corrected chi connectivity index (χ4v) is 6.59. The van der Waals surface area contributed by atoms with Crippen LogP contribution in [-0.4, -0.2) is 65.7 Å². The monoisotopic (exact) mass is 612 g/mol. The molecule has 2 fully saturated rings. The summed E-state index contributed by atoms with van der Waals surface area (Å²) in [4.78, 5) is 9.64. The van der Waals surface area contributed by atoms with Gasteiger partial charge in [-0.3, -0.25) is 9.58 Å². The number of likely N-dealkylation sites (N-methyl/N-ethyl adjacent to an activating group) is 1. The number of benzene rings is 1. The lowest BCUT2D eigenvalue weighted by atomic mass is 9.90. The molecule has 9 heteroatoms. The summed E-state index contributed by atoms with van der Waals surface area (Å²) in [5, 5.41) is 14.5. The van der Waals surface area contributed by atoms with Gasteiger partial charge in [0.1, 0.15) is 5.82 Å². The lowest BCUT2D eigenvalue weighted by molar-refractivity contribution is 0.128. The maximum absolute atomic E-state index is 15.3. The van der Waals surface area contributed by atoms with Gasteiger partial charge < -0.3 is 20.9 Å². The number of halogens is 1. The Hall–Kier alpha value is -4.11. The van der Waals surface area contributed by atoms with Crippen molar-refractivity contribution in [3.8, 4) is 0 Å². The maximum Gasteiger partial charge on any atom is 0.148 e. The summed E-state index contributed by atoms with van der Waals surface area (Å²) < 4.78 is 17.4. The number of anilines is 2. The first-order valence-corrected chi connectivity index (χ1v) is 16.3. The zero-order valence-electron chi connectivity index (χ0n) is 27.2. The molecule has 1 saturated carbocycles. The van der Waals surface area contributed by atoms with E-state index >= 15 is 4.39 Å². The first-order valence-electron chi connectivity index (χ1n) is 16.3. The van der Waals surface area contributed by atoms with Gasteiger partial charge in [0.05, 0.1) is 41.1 Å². The summed E-state index contributed by atoms with van der Waals surface area (Å²) in [6.07, 6.45) is 16.1. The van der Waals surface area contributed by atoms with E-state index in [1.807, 2.05) is 44.6 Å². The normalized spacial score (nSPS) is 21.8. The molecule has 1 aromatic heterocycles. The van der Waals surface area contributed by atoms with Gasteiger partial charge in [0.15, 0.2) is 0 Å². The molecular weight excluding hydrogens is 563 g/mol. The van der Waals surface area contributed by atoms with Crippen LogP contribution in [0.15, 0.2) is 90.6 Å². The number of nitrogens with zero attached hydrogens (tertiary/aromatic N) is 5. The molecule has 1 saturated heterocycles. The second-order valence-electron chi connectivity index (χ2n) is 12.3. The molecule has 2 aliphatic heterocycles. The molecule has 0 spiro atoms. The van der Waals surface area contributed by atoms with Gasteiger partial charge in [0.25, 0.3) is 0 Å². The van der Waals surface area contributed by atoms with Crippen LogP contribution in [0.25, 0.3) is 5.70 Å². The van der Waals surface area contributed by atoms with E-state index < -0.39 is 0 Å². The number of aliphatic imine (C=N–C) groups is 1. The molecule has 1 unspecified atom stereocenters. The van der Waals surface area contributed by atoms with Gasteiger partial charge in [-0.15, -0.1) is 6.58 Å². The van der Waals surface area contributed by atoms with E-state index in [2.05, 4.69) is 69.4 Å². The second-order valence-corrected chi connectivity index (χ2v) is 12.3. The van der Waals surface area contributed by atoms with Crippen molar-refractivity contribution in [2.24, 2.45) is 4.99 Å². The Bertz CT molecular complexity index is 1470. The minimum atomic E-state index is -0.186. The number of piperazine rings is 1. The van der Waals surface area contributed by atoms with Gasteiger partial charge in [0, 0.05) is 68.6 Å². The van der Waals surface area contributed by atoms with Crippen molar-refractivity contribution in [1.82, 2.24) is 25.3 Å². The van der Waals surface area contributed by atoms with Gasteiger partial charge in [-0.2, -0.15) is 5.10 Å². The average Bonchev–Trinajstić information content (AvgIpc) is 3.57. The van der Waals surface area contributed by atoms with Gasteiger partial charge in [-0.1, -0.05) is 25.3 Å². The minimum absolute atomic E-state index is 0.00889. The third-order valence-electron chi connectivity index (χ3n) is 9.51. The number of allylic oxidation sites excluding steroid dienone is 3. The van der Waals surface area contributed by atoms with Gasteiger partial charge >= 0.3 is 0 Å². The summed E-state index contributed by atoms with van der Waals surface area (Å²) in [6.45, 7) is 19.6. The summed E-state index contributed by atoms with van der Waals surface area (Å²) in [5.41, 5.74) is 7.02. The van der Waals surface area contributed by atoms with Crippen LogP contribution in [-0.2, 0) is 0 Å². The van der Waals surface area contributed by atoms with E-state index in [0.717, 1.165) is 104 Å². The first kappa shape index (κ1) is 32.3. The molecule has 0 bridgehead atoms. The van der Waals surface area contributed by atoms with Crippen molar-refractivity contribution >= 4 is 22.8 Å². The van der Waals surface area contributed by atoms with Gasteiger partial charge in [-0.25, -0.2) is 9.38 Å². The van der Waals surface area contributed by atoms with E-state index in [1.165, 1.54) is 0 Å². The predicted octanol–water partition coefficient (Wildman–Crippen LogP) is 6.63. The van der Waals surface area contributed by atoms with Crippen LogP contribution in [0.4, 0.5) is 15.8 Å². The zero-order chi connectivity index (χ0) is 31.9. The van der Waals surface area contributed by atoms with Crippen LogP contribution in [0.2, 0.25) is 0 Å². The highest BCUT2D eigenvalue weighted by atomic mass is 19.1. The number of hydrogen-bond donors (Lipinski definition) is 3. The number of nitrogens with one attached hydrogen (secondary N) is 3. The van der Waals surface area contributed by atoms with E-state index in [1.54, 1.807) is 6.07 Å². The number of rotatable bonds is 12. The lowest BCUT2D eigenvalue weighted by Crippen LogP contribution is -2.51. The highest BCUT2D eigenvalue weighted by molar-refractivity contribution is 6.14. The highest BCUT2D eigenvalue weighted by Crippen LogP contribution is 2.33. The van der Waals surface area contributed by atoms with Crippen LogP contribution >= 0.6 is 0 Å². The Labute approximate surface area is 268 Å². The summed E-state index contributed by atoms with van der Waals surface area (Å²) in [7, 11) is 1.86. The summed E-state index contributed by atoms with van der Waals surface area (Å²) in [6, 6.07) is 6.47. The molecule has 2 aromatic rings. The standard InChI is InChI=1S/C36H49FN8/c1-7-9-10-33(26(4)38-6)41-29-11-16-35(32(37)21-29)44-19-17-43(18-20-44)30-12-14-31(15-13-30)45-24-28(22-40-45)34-23-39-27(5)36(42-34)25(3)8-2/h7-8,11,16,21-24,30-31,33,38-39,41H,1,4-5,9-10,12-15,17-20H2,2-3,6H3/b25-8+. The molecule has 0 radical (unpaired) electrons. The molecule has 3 N–H and O–H groups in total. The van der Waals surface area contributed by atoms with Crippen LogP contribution in [0.3, 0.4) is 0 Å². The molecule has 1 aromatic carbocycles. The van der Waals surface area contributed by atoms with Crippen molar-refractivity contribution in [1.29, 1.82) is 0 Å². The van der Waals surface area contributed by atoms with Gasteiger partial charge in [0.2, 0.25) is 0 Å². The fraction of sp³-hybridized carbons (Fsp3) is 0.444. The molecule has 1 atom stereocenters. The predicted molar refractivity (Wildman–Crippen MR) is 186 cm³/mol. The van der Waals surface area contributed by atoms with E-state index in [4.69, 9.17) is 10.1 Å². The number of aromatic nitrogens is 2. The SMILES string of the molecule is C=CCCC(Nc1ccc(N2CCN(C3CCC(n4cc(C5=CNC(=C)C(/C(C)=C/C)=N5)cn4)CC3)CC2)c(F)c1)C(=C)NC. The van der Waals surface area contributed by atoms with Crippen LogP contribution in [0.5, 0.6) is 0 Å². The van der Waals surface area contributed by atoms with Gasteiger partial charge in [-0.05, 0) is 76.1 Å². The van der Waals surface area contributed by atoms with Crippen LogP contribution < -0.4 is 20.9 Å². The van der Waals surface area contributed by atoms with E-state index in [-0.39, 0.29) is 11.9 Å². The minimum Gasteiger partial charge on any atom is -0.390 e. The number of hydrogen-bond acceptors (Lipinski definition) is 7. The molecule has 5 rings (SSSR count). The quantitative estimate of drug-likeness (QED) is 0.234. The Morgan fingerprint density at radius 1 is 1.16 bits per heavy atom. The second kappa shape index (κ2) is 14.8. The van der Waals surface area contributed by atoms with E-state index in [9.17, 15) is 0 Å². The third-order valence-corrected chi connectivity index (χ3v) is 9.51. The average molecular weight is 613 g/mol. The third kappa shape index (κ3) is 7.59. The molecule has 240 valence electrons. The Morgan fingerprint density at radius 3 is 2.56 bits per heavy atom. The maximum atomic E-state index is 15.3. The van der Waals surface area contributed by atoms with Crippen molar-refractivity contribution in [2.75, 3.05) is 43.4 Å². The lowest BCUT2D eigenvalue weighted by Gasteiger charge is -2.42. The van der Waals surface area contributed by atoms with Crippen molar-refractivity contribution in [3.63, 3.8) is 0 Å². The molecule has 3 heterocycles. The smallest absolute Gasteiger partial charge is 0.148 e. The zero-order valence-corrected chi connectivity index (χ0v) is 27.2. The van der Waals surface area contributed by atoms with Crippen LogP contribution in [0.1, 0.15) is 64.0 Å². The Balaban J connectivity index is 1.12. The Morgan fingerprint density at radius 2 is 1.89 bits per heavy atom. The molecule has 1 aliphatic carbocycles. The van der Waals surface area contributed by atoms with Crippen molar-refractivity contribution < 1.29 is 4.39 Å². The van der Waals surface area contributed by atoms with Crippen molar-refractivity contribution in [2.45, 2.75) is 70.5 Å². The van der Waals surface area contributed by atoms with Crippen molar-refractivity contribution in [3.05, 3.63) is 97.0 Å².